The van der Waals surface area contributed by atoms with Crippen LogP contribution in [0.25, 0.3) is 0 Å². The summed E-state index contributed by atoms with van der Waals surface area (Å²) in [7, 11) is 2.04. The van der Waals surface area contributed by atoms with Gasteiger partial charge in [-0.25, -0.2) is 9.97 Å². The molecule has 0 aliphatic heterocycles. The number of hydrogen-bond donors (Lipinski definition) is 2. The minimum atomic E-state index is 0.241. The number of nitrogens with one attached hydrogen (secondary N) is 1. The maximum Gasteiger partial charge on any atom is 0.133 e. The second-order valence-corrected chi connectivity index (χ2v) is 5.39. The standard InChI is InChI=1S/C12H23N5/c1-12(2,3)8-17(4)11-7-10(14-6-5-13)15-9-16-11/h7,9H,5-6,8,13H2,1-4H3,(H,14,15,16). The van der Waals surface area contributed by atoms with Gasteiger partial charge in [-0.1, -0.05) is 20.8 Å². The predicted molar refractivity (Wildman–Crippen MR) is 72.3 cm³/mol. The van der Waals surface area contributed by atoms with Crippen LogP contribution < -0.4 is 16.0 Å². The number of aromatic nitrogens is 2. The highest BCUT2D eigenvalue weighted by molar-refractivity contribution is 5.47. The Morgan fingerprint density at radius 3 is 2.65 bits per heavy atom. The van der Waals surface area contributed by atoms with Gasteiger partial charge in [0.15, 0.2) is 0 Å². The van der Waals surface area contributed by atoms with Crippen LogP contribution in [0.3, 0.4) is 0 Å². The number of rotatable bonds is 5. The van der Waals surface area contributed by atoms with E-state index in [0.29, 0.717) is 6.54 Å². The van der Waals surface area contributed by atoms with Gasteiger partial charge in [0.2, 0.25) is 0 Å². The molecule has 17 heavy (non-hydrogen) atoms. The molecule has 0 aliphatic rings. The Labute approximate surface area is 103 Å². The van der Waals surface area contributed by atoms with Gasteiger partial charge < -0.3 is 16.0 Å². The van der Waals surface area contributed by atoms with Crippen LogP contribution in [0.2, 0.25) is 0 Å². The molecule has 0 spiro atoms. The summed E-state index contributed by atoms with van der Waals surface area (Å²) >= 11 is 0. The highest BCUT2D eigenvalue weighted by Gasteiger charge is 2.14. The van der Waals surface area contributed by atoms with Crippen molar-refractivity contribution < 1.29 is 0 Å². The maximum absolute atomic E-state index is 5.44. The first kappa shape index (κ1) is 13.7. The van der Waals surface area contributed by atoms with E-state index in [0.717, 1.165) is 24.7 Å². The van der Waals surface area contributed by atoms with Gasteiger partial charge in [0.25, 0.3) is 0 Å². The molecule has 1 rings (SSSR count). The summed E-state index contributed by atoms with van der Waals surface area (Å²) in [6.45, 7) is 8.88. The van der Waals surface area contributed by atoms with Crippen molar-refractivity contribution in [2.24, 2.45) is 11.1 Å². The molecule has 0 atom stereocenters. The van der Waals surface area contributed by atoms with Crippen LogP contribution in [-0.4, -0.2) is 36.6 Å². The molecular weight excluding hydrogens is 214 g/mol. The van der Waals surface area contributed by atoms with Crippen LogP contribution in [0.5, 0.6) is 0 Å². The van der Waals surface area contributed by atoms with E-state index in [2.05, 4.69) is 41.0 Å². The van der Waals surface area contributed by atoms with E-state index in [1.165, 1.54) is 0 Å². The van der Waals surface area contributed by atoms with Crippen LogP contribution in [0.15, 0.2) is 12.4 Å². The average Bonchev–Trinajstić information content (AvgIpc) is 2.24. The van der Waals surface area contributed by atoms with Gasteiger partial charge in [0, 0.05) is 32.7 Å². The fourth-order valence-electron chi connectivity index (χ4n) is 1.65. The van der Waals surface area contributed by atoms with Crippen LogP contribution in [0.4, 0.5) is 11.6 Å². The number of anilines is 2. The zero-order chi connectivity index (χ0) is 12.9. The Kier molecular flexibility index (Phi) is 4.69. The van der Waals surface area contributed by atoms with Crippen molar-refractivity contribution in [1.82, 2.24) is 9.97 Å². The third-order valence-electron chi connectivity index (χ3n) is 2.21. The Balaban J connectivity index is 2.70. The van der Waals surface area contributed by atoms with Crippen LogP contribution in [-0.2, 0) is 0 Å². The second-order valence-electron chi connectivity index (χ2n) is 5.39. The Hall–Kier alpha value is -1.36. The summed E-state index contributed by atoms with van der Waals surface area (Å²) in [5.41, 5.74) is 5.68. The molecule has 0 aliphatic carbocycles. The van der Waals surface area contributed by atoms with E-state index in [1.54, 1.807) is 6.33 Å². The summed E-state index contributed by atoms with van der Waals surface area (Å²) in [6.07, 6.45) is 1.58. The van der Waals surface area contributed by atoms with Crippen molar-refractivity contribution in [2.45, 2.75) is 20.8 Å². The molecule has 1 aromatic heterocycles. The fourth-order valence-corrected chi connectivity index (χ4v) is 1.65. The van der Waals surface area contributed by atoms with E-state index in [-0.39, 0.29) is 5.41 Å². The molecule has 1 heterocycles. The molecule has 5 nitrogen and oxygen atoms in total. The highest BCUT2D eigenvalue weighted by Crippen LogP contribution is 2.19. The van der Waals surface area contributed by atoms with E-state index in [4.69, 9.17) is 5.73 Å². The van der Waals surface area contributed by atoms with E-state index in [9.17, 15) is 0 Å². The van der Waals surface area contributed by atoms with Crippen LogP contribution in [0.1, 0.15) is 20.8 Å². The quantitative estimate of drug-likeness (QED) is 0.808. The molecule has 0 saturated heterocycles. The molecule has 0 unspecified atom stereocenters. The van der Waals surface area contributed by atoms with Crippen molar-refractivity contribution in [3.8, 4) is 0 Å². The minimum absolute atomic E-state index is 0.241. The molecule has 96 valence electrons. The lowest BCUT2D eigenvalue weighted by Gasteiger charge is -2.27. The first-order valence-electron chi connectivity index (χ1n) is 5.89. The van der Waals surface area contributed by atoms with E-state index < -0.39 is 0 Å². The Morgan fingerprint density at radius 1 is 1.35 bits per heavy atom. The van der Waals surface area contributed by atoms with Gasteiger partial charge in [0.05, 0.1) is 0 Å². The zero-order valence-corrected chi connectivity index (χ0v) is 11.2. The lowest BCUT2D eigenvalue weighted by Crippen LogP contribution is -2.29. The van der Waals surface area contributed by atoms with E-state index >= 15 is 0 Å². The average molecular weight is 237 g/mol. The van der Waals surface area contributed by atoms with Crippen LogP contribution in [0, 0.1) is 5.41 Å². The predicted octanol–water partition coefficient (Wildman–Crippen LogP) is 1.33. The molecule has 1 aromatic rings. The van der Waals surface area contributed by atoms with Gasteiger partial charge in [-0.3, -0.25) is 0 Å². The third kappa shape index (κ3) is 4.99. The Morgan fingerprint density at radius 2 is 2.06 bits per heavy atom. The topological polar surface area (TPSA) is 67.1 Å². The normalized spacial score (nSPS) is 11.4. The monoisotopic (exact) mass is 237 g/mol. The molecular formula is C12H23N5. The summed E-state index contributed by atoms with van der Waals surface area (Å²) < 4.78 is 0. The smallest absolute Gasteiger partial charge is 0.133 e. The molecule has 0 amide bonds. The lowest BCUT2D eigenvalue weighted by atomic mass is 9.96. The fraction of sp³-hybridized carbons (Fsp3) is 0.667. The van der Waals surface area contributed by atoms with Crippen molar-refractivity contribution in [3.63, 3.8) is 0 Å². The summed E-state index contributed by atoms with van der Waals surface area (Å²) in [4.78, 5) is 10.6. The first-order chi connectivity index (χ1) is 7.92. The van der Waals surface area contributed by atoms with Crippen molar-refractivity contribution in [1.29, 1.82) is 0 Å². The molecule has 0 aromatic carbocycles. The van der Waals surface area contributed by atoms with Gasteiger partial charge in [-0.05, 0) is 5.41 Å². The second kappa shape index (κ2) is 5.82. The molecule has 0 bridgehead atoms. The summed E-state index contributed by atoms with van der Waals surface area (Å²) in [6, 6.07) is 1.95. The maximum atomic E-state index is 5.44. The van der Waals surface area contributed by atoms with Gasteiger partial charge in [-0.15, -0.1) is 0 Å². The van der Waals surface area contributed by atoms with Crippen molar-refractivity contribution in [2.75, 3.05) is 36.9 Å². The van der Waals surface area contributed by atoms with Crippen molar-refractivity contribution in [3.05, 3.63) is 12.4 Å². The van der Waals surface area contributed by atoms with Gasteiger partial charge in [0.1, 0.15) is 18.0 Å². The van der Waals surface area contributed by atoms with E-state index in [1.807, 2.05) is 13.1 Å². The SMILES string of the molecule is CN(CC(C)(C)C)c1cc(NCCN)ncn1. The van der Waals surface area contributed by atoms with Crippen LogP contribution >= 0.6 is 0 Å². The molecule has 0 fully saturated rings. The van der Waals surface area contributed by atoms with Gasteiger partial charge >= 0.3 is 0 Å². The number of nitrogens with two attached hydrogens (primary N) is 1. The summed E-state index contributed by atoms with van der Waals surface area (Å²) in [5.74, 6) is 1.75. The largest absolute Gasteiger partial charge is 0.369 e. The first-order valence-corrected chi connectivity index (χ1v) is 5.89. The number of nitrogens with zero attached hydrogens (tertiary/aromatic N) is 3. The Bertz CT molecular complexity index is 345. The molecule has 0 saturated carbocycles. The summed E-state index contributed by atoms with van der Waals surface area (Å²) in [5, 5.41) is 3.15. The molecule has 0 radical (unpaired) electrons. The lowest BCUT2D eigenvalue weighted by molar-refractivity contribution is 0.418. The molecule has 3 N–H and O–H groups in total. The van der Waals surface area contributed by atoms with Gasteiger partial charge in [-0.2, -0.15) is 0 Å². The van der Waals surface area contributed by atoms with Crippen molar-refractivity contribution >= 4 is 11.6 Å². The highest BCUT2D eigenvalue weighted by atomic mass is 15.2. The zero-order valence-electron chi connectivity index (χ0n) is 11.2. The third-order valence-corrected chi connectivity index (χ3v) is 2.21. The minimum Gasteiger partial charge on any atom is -0.369 e. The number of hydrogen-bond acceptors (Lipinski definition) is 5. The molecule has 5 heteroatoms.